The predicted molar refractivity (Wildman–Crippen MR) is 187 cm³/mol. The Morgan fingerprint density at radius 2 is 1.67 bits per heavy atom. The van der Waals surface area contributed by atoms with Crippen LogP contribution in [0.5, 0.6) is 0 Å². The average Bonchev–Trinajstić information content (AvgIpc) is 3.40. The first-order valence-electron chi connectivity index (χ1n) is 16.5. The summed E-state index contributed by atoms with van der Waals surface area (Å²) in [7, 11) is 0. The molecule has 0 radical (unpaired) electrons. The van der Waals surface area contributed by atoms with Crippen molar-refractivity contribution >= 4 is 58.2 Å². The van der Waals surface area contributed by atoms with Crippen molar-refractivity contribution in [3.05, 3.63) is 65.5 Å². The zero-order valence-electron chi connectivity index (χ0n) is 28.6. The minimum absolute atomic E-state index is 0.0915. The number of rotatable bonds is 7. The molecule has 0 saturated heterocycles. The minimum atomic E-state index is -1.55. The van der Waals surface area contributed by atoms with Gasteiger partial charge >= 0.3 is 5.97 Å². The number of carboxylic acid groups (broad SMARTS) is 1. The fraction of sp³-hybridized carbons (Fsp3) is 0.429. The fourth-order valence-corrected chi connectivity index (χ4v) is 6.74. The van der Waals surface area contributed by atoms with Gasteiger partial charge < -0.3 is 41.8 Å². The van der Waals surface area contributed by atoms with Crippen LogP contribution in [-0.2, 0) is 41.6 Å². The fourth-order valence-electron chi connectivity index (χ4n) is 5.63. The summed E-state index contributed by atoms with van der Waals surface area (Å²) >= 11 is 1.05. The Morgan fingerprint density at radius 3 is 2.33 bits per heavy atom. The molecule has 8 N–H and O–H groups in total. The molecule has 2 heterocycles. The number of aromatic amines is 1. The lowest BCUT2D eigenvalue weighted by atomic mass is 10.00. The minimum Gasteiger partial charge on any atom is -0.480 e. The highest BCUT2D eigenvalue weighted by atomic mass is 32.2. The Balaban J connectivity index is 1.78. The zero-order valence-corrected chi connectivity index (χ0v) is 29.4. The highest BCUT2D eigenvalue weighted by molar-refractivity contribution is 7.99. The molecule has 1 aliphatic heterocycles. The summed E-state index contributed by atoms with van der Waals surface area (Å²) in [5.74, 6) is -5.99. The maximum Gasteiger partial charge on any atom is 0.327 e. The van der Waals surface area contributed by atoms with E-state index in [9.17, 15) is 43.4 Å². The second-order valence-electron chi connectivity index (χ2n) is 13.0. The summed E-state index contributed by atoms with van der Waals surface area (Å²) in [6, 6.07) is 5.97. The number of hydrogen-bond donors (Lipinski definition) is 8. The quantitative estimate of drug-likeness (QED) is 0.175. The highest BCUT2D eigenvalue weighted by Gasteiger charge is 2.34. The van der Waals surface area contributed by atoms with Crippen LogP contribution in [0.25, 0.3) is 10.9 Å². The van der Waals surface area contributed by atoms with Crippen molar-refractivity contribution in [2.24, 2.45) is 5.92 Å². The third-order valence-corrected chi connectivity index (χ3v) is 9.39. The van der Waals surface area contributed by atoms with E-state index in [0.717, 1.165) is 11.8 Å². The summed E-state index contributed by atoms with van der Waals surface area (Å²) < 4.78 is 13.9. The molecule has 5 amide bonds. The molecular formula is C35H43FN6O8S. The number of aliphatic hydroxyl groups is 1. The summed E-state index contributed by atoms with van der Waals surface area (Å²) in [6.45, 7) is 6.28. The van der Waals surface area contributed by atoms with E-state index < -0.39 is 77.6 Å². The number of carboxylic acids is 1. The largest absolute Gasteiger partial charge is 0.480 e. The number of carbonyl (C=O) groups excluding carboxylic acids is 5. The van der Waals surface area contributed by atoms with E-state index in [2.05, 4.69) is 31.6 Å². The number of fused-ring (bicyclic) bond motifs is 3. The molecule has 51 heavy (non-hydrogen) atoms. The van der Waals surface area contributed by atoms with Crippen LogP contribution in [0.3, 0.4) is 0 Å². The maximum atomic E-state index is 14.1. The molecule has 0 aliphatic carbocycles. The molecule has 0 unspecified atom stereocenters. The van der Waals surface area contributed by atoms with Crippen molar-refractivity contribution in [3.63, 3.8) is 0 Å². The van der Waals surface area contributed by atoms with Crippen molar-refractivity contribution in [1.82, 2.24) is 31.6 Å². The number of aromatic nitrogens is 1. The van der Waals surface area contributed by atoms with Gasteiger partial charge in [0.1, 0.15) is 36.0 Å². The molecule has 0 fully saturated rings. The molecule has 0 saturated carbocycles. The molecule has 2 aromatic carbocycles. The molecule has 4 rings (SSSR count). The maximum absolute atomic E-state index is 14.1. The van der Waals surface area contributed by atoms with E-state index in [0.29, 0.717) is 27.1 Å². The summed E-state index contributed by atoms with van der Waals surface area (Å²) in [5.41, 5.74) is 1.59. The lowest BCUT2D eigenvalue weighted by Gasteiger charge is -2.27. The number of H-pyrrole nitrogens is 1. The lowest BCUT2D eigenvalue weighted by molar-refractivity contribution is -0.142. The molecule has 14 nitrogen and oxygen atoms in total. The molecule has 0 bridgehead atoms. The number of amides is 5. The Labute approximate surface area is 298 Å². The van der Waals surface area contributed by atoms with Crippen LogP contribution >= 0.6 is 11.8 Å². The van der Waals surface area contributed by atoms with Crippen molar-refractivity contribution in [3.8, 4) is 0 Å². The van der Waals surface area contributed by atoms with Gasteiger partial charge in [-0.1, -0.05) is 44.2 Å². The second-order valence-corrected chi connectivity index (χ2v) is 14.0. The molecule has 3 aromatic rings. The van der Waals surface area contributed by atoms with Gasteiger partial charge in [0.25, 0.3) is 0 Å². The number of halogens is 1. The van der Waals surface area contributed by atoms with E-state index >= 15 is 0 Å². The van der Waals surface area contributed by atoms with Gasteiger partial charge in [0.05, 0.1) is 17.6 Å². The van der Waals surface area contributed by atoms with Crippen LogP contribution in [0, 0.1) is 11.7 Å². The van der Waals surface area contributed by atoms with E-state index in [1.54, 1.807) is 30.3 Å². The van der Waals surface area contributed by atoms with Crippen molar-refractivity contribution in [2.75, 3.05) is 5.75 Å². The van der Waals surface area contributed by atoms with Crippen molar-refractivity contribution in [1.29, 1.82) is 0 Å². The number of aliphatic hydroxyl groups excluding tert-OH is 1. The van der Waals surface area contributed by atoms with Gasteiger partial charge in [-0.15, -0.1) is 11.8 Å². The van der Waals surface area contributed by atoms with E-state index in [1.165, 1.54) is 32.0 Å². The van der Waals surface area contributed by atoms with E-state index in [-0.39, 0.29) is 30.9 Å². The van der Waals surface area contributed by atoms with Crippen LogP contribution < -0.4 is 26.6 Å². The molecule has 1 aliphatic rings. The monoisotopic (exact) mass is 726 g/mol. The Bertz CT molecular complexity index is 1780. The zero-order chi connectivity index (χ0) is 37.4. The summed E-state index contributed by atoms with van der Waals surface area (Å²) in [4.78, 5) is 82.8. The standard InChI is InChI=1S/C35H43FN6O8S/c1-17(2)12-25-31(46)37-18(3)30(45)42-29(19(4)43)33(48)40-27(35(49)50)16-51-34-23(22-10-5-6-11-24(22)41-34)15-26(32(47)39-25)38-28(44)14-20-8-7-9-21(36)13-20/h5-11,13,17-19,25-27,29,41,43H,12,14-16H2,1-4H3,(H,37,46)(H,38,44)(H,39,47)(H,40,48)(H,42,45)(H,49,50)/t18-,19-,25+,26+,27+,29+/m1/s1. The first-order valence-corrected chi connectivity index (χ1v) is 17.5. The van der Waals surface area contributed by atoms with Crippen LogP contribution in [0.15, 0.2) is 53.6 Å². The van der Waals surface area contributed by atoms with Gasteiger partial charge in [-0.25, -0.2) is 9.18 Å². The van der Waals surface area contributed by atoms with Crippen molar-refractivity contribution < 1.29 is 43.4 Å². The first-order chi connectivity index (χ1) is 24.1. The SMILES string of the molecule is CC(C)C[C@@H]1NC(=O)[C@@H](NC(=O)Cc2cccc(F)c2)Cc2c([nH]c3ccccc23)SC[C@@H](C(=O)O)NC(=O)[C@H]([C@@H](C)O)NC(=O)[C@@H](C)NC1=O. The number of hydrogen-bond acceptors (Lipinski definition) is 8. The van der Waals surface area contributed by atoms with Crippen LogP contribution in [0.2, 0.25) is 0 Å². The molecule has 274 valence electrons. The van der Waals surface area contributed by atoms with Crippen molar-refractivity contribution in [2.45, 2.75) is 88.3 Å². The van der Waals surface area contributed by atoms with Crippen LogP contribution in [0.4, 0.5) is 4.39 Å². The third kappa shape index (κ3) is 10.5. The molecule has 16 heteroatoms. The Hall–Kier alpha value is -4.96. The van der Waals surface area contributed by atoms with E-state index in [4.69, 9.17) is 0 Å². The smallest absolute Gasteiger partial charge is 0.327 e. The van der Waals surface area contributed by atoms with Gasteiger partial charge in [0.15, 0.2) is 0 Å². The molecule has 1 aromatic heterocycles. The van der Waals surface area contributed by atoms with Gasteiger partial charge in [-0.2, -0.15) is 0 Å². The first kappa shape index (κ1) is 38.8. The second kappa shape index (κ2) is 17.3. The number of nitrogens with one attached hydrogen (secondary N) is 6. The lowest BCUT2D eigenvalue weighted by Crippen LogP contribution is -2.60. The Morgan fingerprint density at radius 1 is 0.941 bits per heavy atom. The summed E-state index contributed by atoms with van der Waals surface area (Å²) in [5, 5.41) is 34.2. The van der Waals surface area contributed by atoms with Crippen LogP contribution in [0.1, 0.15) is 45.2 Å². The predicted octanol–water partition coefficient (Wildman–Crippen LogP) is 1.15. The number of thioether (sulfide) groups is 1. The van der Waals surface area contributed by atoms with Crippen LogP contribution in [-0.4, -0.2) is 92.8 Å². The van der Waals surface area contributed by atoms with Gasteiger partial charge in [0, 0.05) is 23.1 Å². The summed E-state index contributed by atoms with van der Waals surface area (Å²) in [6.07, 6.45) is -1.60. The topological polar surface area (TPSA) is 219 Å². The molecule has 0 spiro atoms. The number of carbonyl (C=O) groups is 6. The number of para-hydroxylation sites is 1. The highest BCUT2D eigenvalue weighted by Crippen LogP contribution is 2.31. The number of aliphatic carboxylic acids is 1. The van der Waals surface area contributed by atoms with E-state index in [1.807, 2.05) is 13.8 Å². The Kier molecular flexibility index (Phi) is 13.2. The van der Waals surface area contributed by atoms with Gasteiger partial charge in [-0.3, -0.25) is 24.0 Å². The van der Waals surface area contributed by atoms with Gasteiger partial charge in [0.2, 0.25) is 29.5 Å². The number of benzene rings is 2. The van der Waals surface area contributed by atoms with Gasteiger partial charge in [-0.05, 0) is 55.5 Å². The normalized spacial score (nSPS) is 23.2. The molecular weight excluding hydrogens is 683 g/mol. The molecule has 6 atom stereocenters. The third-order valence-electron chi connectivity index (χ3n) is 8.25. The average molecular weight is 727 g/mol.